The van der Waals surface area contributed by atoms with Crippen LogP contribution in [0, 0.1) is 13.8 Å². The Morgan fingerprint density at radius 1 is 1.11 bits per heavy atom. The third-order valence-corrected chi connectivity index (χ3v) is 5.43. The minimum atomic E-state index is -3.73. The van der Waals surface area contributed by atoms with Crippen molar-refractivity contribution in [3.8, 4) is 17.0 Å². The van der Waals surface area contributed by atoms with Crippen molar-refractivity contribution < 1.29 is 13.2 Å². The van der Waals surface area contributed by atoms with Crippen molar-refractivity contribution in [1.82, 2.24) is 15.0 Å². The number of nitrogens with zero attached hydrogens (tertiary/aromatic N) is 2. The highest BCUT2D eigenvalue weighted by Gasteiger charge is 2.13. The Labute approximate surface area is 158 Å². The normalized spacial score (nSPS) is 11.7. The van der Waals surface area contributed by atoms with E-state index < -0.39 is 10.0 Å². The van der Waals surface area contributed by atoms with Gasteiger partial charge in [0.05, 0.1) is 30.1 Å². The molecule has 27 heavy (non-hydrogen) atoms. The molecule has 0 saturated carbocycles. The van der Waals surface area contributed by atoms with Gasteiger partial charge in [-0.3, -0.25) is 5.10 Å². The van der Waals surface area contributed by atoms with Crippen molar-refractivity contribution in [2.45, 2.75) is 18.7 Å². The molecule has 0 fully saturated rings. The predicted octanol–water partition coefficient (Wildman–Crippen LogP) is 3.01. The first kappa shape index (κ1) is 18.7. The van der Waals surface area contributed by atoms with Crippen LogP contribution in [0.5, 0.6) is 5.75 Å². The van der Waals surface area contributed by atoms with E-state index in [9.17, 15) is 8.42 Å². The van der Waals surface area contributed by atoms with Crippen LogP contribution >= 0.6 is 0 Å². The van der Waals surface area contributed by atoms with Crippen molar-refractivity contribution in [1.29, 1.82) is 0 Å². The monoisotopic (exact) mass is 384 g/mol. The summed E-state index contributed by atoms with van der Waals surface area (Å²) in [5, 5.41) is 10.8. The fraction of sp³-hybridized carbons (Fsp3) is 0.158. The molecule has 0 spiro atoms. The number of rotatable bonds is 6. The average Bonchev–Trinajstić information content (AvgIpc) is 3.12. The number of aryl methyl sites for hydroxylation is 2. The number of methoxy groups -OCH3 is 1. The van der Waals surface area contributed by atoms with E-state index >= 15 is 0 Å². The van der Waals surface area contributed by atoms with Crippen LogP contribution in [-0.4, -0.2) is 31.9 Å². The van der Waals surface area contributed by atoms with Gasteiger partial charge in [0.1, 0.15) is 5.75 Å². The maximum atomic E-state index is 12.4. The molecular weight excluding hydrogens is 364 g/mol. The van der Waals surface area contributed by atoms with E-state index in [1.54, 1.807) is 31.5 Å². The Morgan fingerprint density at radius 3 is 2.52 bits per heavy atom. The molecular formula is C19H20N4O3S. The summed E-state index contributed by atoms with van der Waals surface area (Å²) >= 11 is 0. The molecule has 0 amide bonds. The van der Waals surface area contributed by atoms with Gasteiger partial charge < -0.3 is 4.74 Å². The zero-order valence-corrected chi connectivity index (χ0v) is 16.0. The maximum absolute atomic E-state index is 12.4. The van der Waals surface area contributed by atoms with Gasteiger partial charge in [0.2, 0.25) is 0 Å². The summed E-state index contributed by atoms with van der Waals surface area (Å²) < 4.78 is 29.9. The molecule has 0 radical (unpaired) electrons. The van der Waals surface area contributed by atoms with Crippen LogP contribution in [0.3, 0.4) is 0 Å². The minimum Gasteiger partial charge on any atom is -0.497 e. The highest BCUT2D eigenvalue weighted by atomic mass is 32.2. The van der Waals surface area contributed by atoms with E-state index in [-0.39, 0.29) is 4.90 Å². The summed E-state index contributed by atoms with van der Waals surface area (Å²) in [4.78, 5) is 2.41. The van der Waals surface area contributed by atoms with Crippen LogP contribution in [0.4, 0.5) is 0 Å². The largest absolute Gasteiger partial charge is 0.497 e. The molecule has 2 N–H and O–H groups in total. The average molecular weight is 384 g/mol. The fourth-order valence-corrected chi connectivity index (χ4v) is 3.36. The molecule has 1 heterocycles. The number of aromatic amines is 1. The number of sulfonamides is 1. The van der Waals surface area contributed by atoms with Gasteiger partial charge in [-0.2, -0.15) is 18.6 Å². The van der Waals surface area contributed by atoms with Gasteiger partial charge in [0.25, 0.3) is 10.0 Å². The molecule has 0 aliphatic rings. The van der Waals surface area contributed by atoms with E-state index in [0.29, 0.717) is 5.56 Å². The SMILES string of the molecule is COc1ccc(-c2[nH]ncc2/C=N/NS(=O)(=O)c2ccc(C)c(C)c2)cc1. The van der Waals surface area contributed by atoms with Crippen molar-refractivity contribution in [3.05, 3.63) is 65.4 Å². The molecule has 0 aliphatic heterocycles. The van der Waals surface area contributed by atoms with Gasteiger partial charge in [-0.15, -0.1) is 0 Å². The number of hydrogen-bond donors (Lipinski definition) is 2. The fourth-order valence-electron chi connectivity index (χ4n) is 2.48. The minimum absolute atomic E-state index is 0.172. The van der Waals surface area contributed by atoms with Crippen molar-refractivity contribution in [3.63, 3.8) is 0 Å². The summed E-state index contributed by atoms with van der Waals surface area (Å²) in [7, 11) is -2.13. The van der Waals surface area contributed by atoms with Gasteiger partial charge in [0.15, 0.2) is 0 Å². The van der Waals surface area contributed by atoms with E-state index in [2.05, 4.69) is 20.1 Å². The summed E-state index contributed by atoms with van der Waals surface area (Å²) in [6, 6.07) is 12.4. The van der Waals surface area contributed by atoms with Crippen LogP contribution in [0.1, 0.15) is 16.7 Å². The zero-order valence-electron chi connectivity index (χ0n) is 15.2. The second kappa shape index (κ2) is 7.63. The smallest absolute Gasteiger partial charge is 0.276 e. The van der Waals surface area contributed by atoms with Gasteiger partial charge in [-0.25, -0.2) is 4.83 Å². The number of hydrazone groups is 1. The van der Waals surface area contributed by atoms with Crippen LogP contribution in [0.2, 0.25) is 0 Å². The lowest BCUT2D eigenvalue weighted by Crippen LogP contribution is -2.18. The van der Waals surface area contributed by atoms with E-state index in [1.165, 1.54) is 6.21 Å². The van der Waals surface area contributed by atoms with Gasteiger partial charge in [0, 0.05) is 11.1 Å². The van der Waals surface area contributed by atoms with Crippen molar-refractivity contribution >= 4 is 16.2 Å². The maximum Gasteiger partial charge on any atom is 0.276 e. The Balaban J connectivity index is 1.78. The highest BCUT2D eigenvalue weighted by Crippen LogP contribution is 2.22. The van der Waals surface area contributed by atoms with Crippen LogP contribution < -0.4 is 9.57 Å². The molecule has 0 aliphatic carbocycles. The lowest BCUT2D eigenvalue weighted by Gasteiger charge is -2.06. The third-order valence-electron chi connectivity index (χ3n) is 4.21. The molecule has 140 valence electrons. The molecule has 0 bridgehead atoms. The van der Waals surface area contributed by atoms with Gasteiger partial charge >= 0.3 is 0 Å². The molecule has 7 nitrogen and oxygen atoms in total. The number of hydrogen-bond acceptors (Lipinski definition) is 5. The highest BCUT2D eigenvalue weighted by molar-refractivity contribution is 7.89. The van der Waals surface area contributed by atoms with Gasteiger partial charge in [-0.1, -0.05) is 6.07 Å². The first-order valence-electron chi connectivity index (χ1n) is 8.20. The Morgan fingerprint density at radius 2 is 1.85 bits per heavy atom. The molecule has 0 saturated heterocycles. The summed E-state index contributed by atoms with van der Waals surface area (Å²) in [6.45, 7) is 3.79. The van der Waals surface area contributed by atoms with E-state index in [0.717, 1.165) is 28.1 Å². The lowest BCUT2D eigenvalue weighted by molar-refractivity contribution is 0.415. The Hall–Kier alpha value is -3.13. The molecule has 0 unspecified atom stereocenters. The number of aromatic nitrogens is 2. The summed E-state index contributed by atoms with van der Waals surface area (Å²) in [5.41, 5.74) is 4.19. The topological polar surface area (TPSA) is 96.4 Å². The van der Waals surface area contributed by atoms with Crippen molar-refractivity contribution in [2.75, 3.05) is 7.11 Å². The van der Waals surface area contributed by atoms with Crippen LogP contribution in [0.25, 0.3) is 11.3 Å². The number of H-pyrrole nitrogens is 1. The number of nitrogens with one attached hydrogen (secondary N) is 2. The van der Waals surface area contributed by atoms with E-state index in [4.69, 9.17) is 4.74 Å². The summed E-state index contributed by atoms with van der Waals surface area (Å²) in [5.74, 6) is 0.745. The molecule has 0 atom stereocenters. The number of benzene rings is 2. The molecule has 1 aromatic heterocycles. The molecule has 3 aromatic rings. The second-order valence-electron chi connectivity index (χ2n) is 6.03. The van der Waals surface area contributed by atoms with Crippen LogP contribution in [-0.2, 0) is 10.0 Å². The quantitative estimate of drug-likeness (QED) is 0.504. The van der Waals surface area contributed by atoms with Crippen molar-refractivity contribution in [2.24, 2.45) is 5.10 Å². The molecule has 2 aromatic carbocycles. The molecule has 3 rings (SSSR count). The first-order valence-corrected chi connectivity index (χ1v) is 9.69. The Bertz CT molecular complexity index is 1070. The lowest BCUT2D eigenvalue weighted by atomic mass is 10.1. The molecule has 8 heteroatoms. The Kier molecular flexibility index (Phi) is 5.27. The second-order valence-corrected chi connectivity index (χ2v) is 7.69. The standard InChI is InChI=1S/C19H20N4O3S/c1-13-4-9-18(10-14(13)2)27(24,25)23-21-12-16-11-20-22-19(16)15-5-7-17(26-3)8-6-15/h4-12,23H,1-3H3,(H,20,22)/b21-12+. The number of ether oxygens (including phenoxy) is 1. The first-order chi connectivity index (χ1) is 12.9. The van der Waals surface area contributed by atoms with E-state index in [1.807, 2.05) is 38.1 Å². The predicted molar refractivity (Wildman–Crippen MR) is 104 cm³/mol. The summed E-state index contributed by atoms with van der Waals surface area (Å²) in [6.07, 6.45) is 3.00. The third kappa shape index (κ3) is 4.17. The van der Waals surface area contributed by atoms with Gasteiger partial charge in [-0.05, 0) is 61.4 Å². The van der Waals surface area contributed by atoms with Crippen LogP contribution in [0.15, 0.2) is 58.7 Å². The zero-order chi connectivity index (χ0) is 19.4.